The topological polar surface area (TPSA) is 66.9 Å². The zero-order valence-electron chi connectivity index (χ0n) is 7.43. The number of rotatable bonds is 2. The van der Waals surface area contributed by atoms with Crippen molar-refractivity contribution in [2.45, 2.75) is 27.7 Å². The monoisotopic (exact) mass is 154 g/mol. The second kappa shape index (κ2) is 2.54. The standard InChI is InChI=1S/C8H14N2O/c1-7(2,5-9)8(3,4)6(10)11/h1-4H3,(H2,10,11). The molecule has 62 valence electrons. The Hall–Kier alpha value is -1.04. The van der Waals surface area contributed by atoms with Gasteiger partial charge in [-0.2, -0.15) is 5.26 Å². The average molecular weight is 154 g/mol. The van der Waals surface area contributed by atoms with Gasteiger partial charge in [-0.15, -0.1) is 0 Å². The first-order valence-electron chi connectivity index (χ1n) is 3.47. The van der Waals surface area contributed by atoms with Crippen LogP contribution in [0, 0.1) is 22.2 Å². The second-order valence-corrected chi connectivity index (χ2v) is 3.73. The summed E-state index contributed by atoms with van der Waals surface area (Å²) in [5.74, 6) is -0.441. The fraction of sp³-hybridized carbons (Fsp3) is 0.750. The van der Waals surface area contributed by atoms with E-state index >= 15 is 0 Å². The molecule has 0 aliphatic heterocycles. The summed E-state index contributed by atoms with van der Waals surface area (Å²) in [5.41, 5.74) is 3.66. The SMILES string of the molecule is CC(C)(C#N)C(C)(C)C(N)=O. The number of hydrogen-bond acceptors (Lipinski definition) is 2. The molecule has 0 saturated heterocycles. The molecule has 0 atom stereocenters. The molecular weight excluding hydrogens is 140 g/mol. The Morgan fingerprint density at radius 2 is 1.73 bits per heavy atom. The van der Waals surface area contributed by atoms with E-state index < -0.39 is 16.7 Å². The van der Waals surface area contributed by atoms with E-state index in [4.69, 9.17) is 11.0 Å². The van der Waals surface area contributed by atoms with Gasteiger partial charge in [0, 0.05) is 0 Å². The third-order valence-electron chi connectivity index (χ3n) is 2.46. The minimum absolute atomic E-state index is 0.441. The van der Waals surface area contributed by atoms with E-state index in [9.17, 15) is 4.79 Å². The Morgan fingerprint density at radius 1 is 1.36 bits per heavy atom. The van der Waals surface area contributed by atoms with Crippen LogP contribution < -0.4 is 5.73 Å². The van der Waals surface area contributed by atoms with Gasteiger partial charge in [0.05, 0.1) is 16.9 Å². The Labute approximate surface area is 67.2 Å². The summed E-state index contributed by atoms with van der Waals surface area (Å²) in [5, 5.41) is 8.72. The van der Waals surface area contributed by atoms with E-state index in [2.05, 4.69) is 6.07 Å². The number of carbonyl (C=O) groups excluding carboxylic acids is 1. The first kappa shape index (κ1) is 9.96. The molecular formula is C8H14N2O. The number of hydrogen-bond donors (Lipinski definition) is 1. The van der Waals surface area contributed by atoms with Crippen LogP contribution >= 0.6 is 0 Å². The van der Waals surface area contributed by atoms with Crippen LogP contribution in [0.5, 0.6) is 0 Å². The molecule has 0 aromatic heterocycles. The quantitative estimate of drug-likeness (QED) is 0.646. The van der Waals surface area contributed by atoms with Gasteiger partial charge in [-0.1, -0.05) is 0 Å². The number of carbonyl (C=O) groups is 1. The summed E-state index contributed by atoms with van der Waals surface area (Å²) < 4.78 is 0. The molecule has 0 aromatic carbocycles. The summed E-state index contributed by atoms with van der Waals surface area (Å²) in [6, 6.07) is 2.06. The predicted molar refractivity (Wildman–Crippen MR) is 42.4 cm³/mol. The lowest BCUT2D eigenvalue weighted by Gasteiger charge is -2.32. The molecule has 0 heterocycles. The Bertz CT molecular complexity index is 211. The summed E-state index contributed by atoms with van der Waals surface area (Å²) in [4.78, 5) is 10.9. The van der Waals surface area contributed by atoms with Gasteiger partial charge in [0.1, 0.15) is 0 Å². The fourth-order valence-electron chi connectivity index (χ4n) is 0.448. The van der Waals surface area contributed by atoms with Crippen LogP contribution in [0.25, 0.3) is 0 Å². The largest absolute Gasteiger partial charge is 0.369 e. The van der Waals surface area contributed by atoms with Crippen LogP contribution in [0.3, 0.4) is 0 Å². The molecule has 0 rings (SSSR count). The van der Waals surface area contributed by atoms with Gasteiger partial charge in [0.2, 0.25) is 5.91 Å². The van der Waals surface area contributed by atoms with Crippen molar-refractivity contribution >= 4 is 5.91 Å². The van der Waals surface area contributed by atoms with Gasteiger partial charge >= 0.3 is 0 Å². The average Bonchev–Trinajstić information content (AvgIpc) is 1.87. The number of nitrogens with zero attached hydrogens (tertiary/aromatic N) is 1. The van der Waals surface area contributed by atoms with Crippen LogP contribution in [0.15, 0.2) is 0 Å². The molecule has 0 aliphatic carbocycles. The number of nitrogens with two attached hydrogens (primary N) is 1. The number of nitriles is 1. The maximum absolute atomic E-state index is 10.9. The minimum Gasteiger partial charge on any atom is -0.369 e. The maximum Gasteiger partial charge on any atom is 0.224 e. The second-order valence-electron chi connectivity index (χ2n) is 3.73. The number of amides is 1. The van der Waals surface area contributed by atoms with Crippen molar-refractivity contribution in [3.8, 4) is 6.07 Å². The Balaban J connectivity index is 4.86. The summed E-state index contributed by atoms with van der Waals surface area (Å²) in [7, 11) is 0. The van der Waals surface area contributed by atoms with E-state index in [1.54, 1.807) is 27.7 Å². The van der Waals surface area contributed by atoms with E-state index in [0.29, 0.717) is 0 Å². The highest BCUT2D eigenvalue weighted by molar-refractivity contribution is 5.81. The van der Waals surface area contributed by atoms with E-state index in [1.807, 2.05) is 0 Å². The lowest BCUT2D eigenvalue weighted by molar-refractivity contribution is -0.129. The van der Waals surface area contributed by atoms with Crippen molar-refractivity contribution in [1.82, 2.24) is 0 Å². The summed E-state index contributed by atoms with van der Waals surface area (Å²) in [6.07, 6.45) is 0. The van der Waals surface area contributed by atoms with Crippen molar-refractivity contribution in [1.29, 1.82) is 5.26 Å². The molecule has 1 amide bonds. The molecule has 3 nitrogen and oxygen atoms in total. The molecule has 3 heteroatoms. The first-order chi connectivity index (χ1) is 4.75. The zero-order chi connectivity index (χ0) is 9.28. The lowest BCUT2D eigenvalue weighted by atomic mass is 9.68. The van der Waals surface area contributed by atoms with Crippen LogP contribution in [0.2, 0.25) is 0 Å². The Morgan fingerprint density at radius 3 is 1.82 bits per heavy atom. The predicted octanol–water partition coefficient (Wildman–Crippen LogP) is 1.05. The van der Waals surface area contributed by atoms with Crippen LogP contribution in [-0.4, -0.2) is 5.91 Å². The van der Waals surface area contributed by atoms with Crippen LogP contribution in [-0.2, 0) is 4.79 Å². The van der Waals surface area contributed by atoms with Crippen molar-refractivity contribution in [3.63, 3.8) is 0 Å². The molecule has 0 saturated carbocycles. The van der Waals surface area contributed by atoms with Crippen molar-refractivity contribution < 1.29 is 4.79 Å². The molecule has 0 aromatic rings. The van der Waals surface area contributed by atoms with Gasteiger partial charge in [-0.25, -0.2) is 0 Å². The molecule has 0 spiro atoms. The van der Waals surface area contributed by atoms with Crippen LogP contribution in [0.4, 0.5) is 0 Å². The summed E-state index contributed by atoms with van der Waals surface area (Å²) >= 11 is 0. The zero-order valence-corrected chi connectivity index (χ0v) is 7.43. The molecule has 0 fully saturated rings. The van der Waals surface area contributed by atoms with Crippen molar-refractivity contribution in [2.24, 2.45) is 16.6 Å². The smallest absolute Gasteiger partial charge is 0.224 e. The van der Waals surface area contributed by atoms with Crippen molar-refractivity contribution in [2.75, 3.05) is 0 Å². The molecule has 0 unspecified atom stereocenters. The minimum atomic E-state index is -0.776. The van der Waals surface area contributed by atoms with E-state index in [1.165, 1.54) is 0 Å². The van der Waals surface area contributed by atoms with Gasteiger partial charge in [0.15, 0.2) is 0 Å². The normalized spacial score (nSPS) is 12.3. The van der Waals surface area contributed by atoms with Gasteiger partial charge < -0.3 is 5.73 Å². The number of primary amides is 1. The van der Waals surface area contributed by atoms with Crippen LogP contribution in [0.1, 0.15) is 27.7 Å². The lowest BCUT2D eigenvalue weighted by Crippen LogP contribution is -2.42. The van der Waals surface area contributed by atoms with Gasteiger partial charge in [0.25, 0.3) is 0 Å². The van der Waals surface area contributed by atoms with Crippen molar-refractivity contribution in [3.05, 3.63) is 0 Å². The highest BCUT2D eigenvalue weighted by atomic mass is 16.1. The third-order valence-corrected chi connectivity index (χ3v) is 2.46. The maximum atomic E-state index is 10.9. The molecule has 11 heavy (non-hydrogen) atoms. The highest BCUT2D eigenvalue weighted by Gasteiger charge is 2.42. The van der Waals surface area contributed by atoms with Gasteiger partial charge in [-0.05, 0) is 27.7 Å². The fourth-order valence-corrected chi connectivity index (χ4v) is 0.448. The molecule has 2 N–H and O–H groups in total. The molecule has 0 radical (unpaired) electrons. The van der Waals surface area contributed by atoms with E-state index in [0.717, 1.165) is 0 Å². The molecule has 0 bridgehead atoms. The van der Waals surface area contributed by atoms with E-state index in [-0.39, 0.29) is 0 Å². The third kappa shape index (κ3) is 1.51. The highest BCUT2D eigenvalue weighted by Crippen LogP contribution is 2.37. The Kier molecular flexibility index (Phi) is 2.30. The first-order valence-corrected chi connectivity index (χ1v) is 3.47. The summed E-state index contributed by atoms with van der Waals surface area (Å²) in [6.45, 7) is 6.77. The molecule has 0 aliphatic rings. The van der Waals surface area contributed by atoms with Gasteiger partial charge in [-0.3, -0.25) is 4.79 Å².